The number of anilines is 1. The van der Waals surface area contributed by atoms with Crippen LogP contribution >= 0.6 is 0 Å². The molecule has 6 heteroatoms. The second-order valence-electron chi connectivity index (χ2n) is 4.10. The first-order chi connectivity index (χ1) is 7.02. The molecule has 0 saturated carbocycles. The van der Waals surface area contributed by atoms with Crippen molar-refractivity contribution in [3.63, 3.8) is 0 Å². The minimum atomic E-state index is 0.248. The summed E-state index contributed by atoms with van der Waals surface area (Å²) in [5.74, 6) is 6.93. The quantitative estimate of drug-likeness (QED) is 0.604. The van der Waals surface area contributed by atoms with Gasteiger partial charge in [0.25, 0.3) is 0 Å². The van der Waals surface area contributed by atoms with Crippen LogP contribution in [0.2, 0.25) is 0 Å². The Balaban J connectivity index is 2.47. The summed E-state index contributed by atoms with van der Waals surface area (Å²) in [5, 5.41) is 7.67. The first-order valence-corrected chi connectivity index (χ1v) is 5.23. The summed E-state index contributed by atoms with van der Waals surface area (Å²) in [6.45, 7) is 4.07. The molecule has 1 aromatic rings. The molecule has 0 aliphatic rings. The molecule has 2 atom stereocenters. The third-order valence-corrected chi connectivity index (χ3v) is 2.49. The van der Waals surface area contributed by atoms with Crippen molar-refractivity contribution in [2.45, 2.75) is 45.1 Å². The topological polar surface area (TPSA) is 109 Å². The van der Waals surface area contributed by atoms with Crippen LogP contribution in [0.25, 0.3) is 0 Å². The largest absolute Gasteiger partial charge is 0.366 e. The lowest BCUT2D eigenvalue weighted by atomic mass is 10.0. The third kappa shape index (κ3) is 3.09. The van der Waals surface area contributed by atoms with Crippen LogP contribution in [0.1, 0.15) is 44.9 Å². The third-order valence-electron chi connectivity index (χ3n) is 2.49. The summed E-state index contributed by atoms with van der Waals surface area (Å²) in [7, 11) is 0. The van der Waals surface area contributed by atoms with Crippen molar-refractivity contribution >= 4 is 5.95 Å². The lowest BCUT2D eigenvalue weighted by molar-refractivity contribution is 0.536. The number of nitrogen functional groups attached to an aromatic ring is 2. The number of rotatable bonds is 5. The van der Waals surface area contributed by atoms with Crippen molar-refractivity contribution in [2.75, 3.05) is 11.6 Å². The Kier molecular flexibility index (Phi) is 3.90. The second kappa shape index (κ2) is 4.97. The van der Waals surface area contributed by atoms with E-state index < -0.39 is 0 Å². The molecule has 0 aliphatic carbocycles. The molecule has 6 nitrogen and oxygen atoms in total. The Morgan fingerprint density at radius 1 is 1.27 bits per heavy atom. The molecule has 86 valence electrons. The highest BCUT2D eigenvalue weighted by Crippen LogP contribution is 2.19. The average Bonchev–Trinajstić information content (AvgIpc) is 2.47. The zero-order valence-electron chi connectivity index (χ0n) is 9.35. The van der Waals surface area contributed by atoms with E-state index in [9.17, 15) is 0 Å². The molecular formula is C9H20N6. The van der Waals surface area contributed by atoms with Gasteiger partial charge in [0.2, 0.25) is 5.95 Å². The maximum absolute atomic E-state index is 5.68. The van der Waals surface area contributed by atoms with Crippen molar-refractivity contribution in [3.8, 4) is 0 Å². The standard InChI is InChI=1S/C9H20N6/c1-6(4-3-5-7(2)10)8-13-14-9(11)15(8)12/h6-7H,3-5,10,12H2,1-2H3,(H2,11,14). The summed E-state index contributed by atoms with van der Waals surface area (Å²) >= 11 is 0. The number of nitrogens with two attached hydrogens (primary N) is 3. The van der Waals surface area contributed by atoms with Crippen molar-refractivity contribution in [3.05, 3.63) is 5.82 Å². The first kappa shape index (κ1) is 11.8. The molecule has 0 fully saturated rings. The molecule has 2 unspecified atom stereocenters. The molecule has 0 amide bonds. The van der Waals surface area contributed by atoms with Crippen molar-refractivity contribution in [1.82, 2.24) is 14.9 Å². The maximum atomic E-state index is 5.68. The van der Waals surface area contributed by atoms with Crippen LogP contribution in [0.15, 0.2) is 0 Å². The van der Waals surface area contributed by atoms with Crippen LogP contribution in [-0.2, 0) is 0 Å². The monoisotopic (exact) mass is 212 g/mol. The molecule has 0 saturated heterocycles. The Hall–Kier alpha value is -1.30. The molecule has 0 bridgehead atoms. The molecule has 0 spiro atoms. The highest BCUT2D eigenvalue weighted by atomic mass is 15.4. The Morgan fingerprint density at radius 3 is 2.40 bits per heavy atom. The van der Waals surface area contributed by atoms with Gasteiger partial charge in [0.1, 0.15) is 0 Å². The SMILES string of the molecule is CC(N)CCCC(C)c1nnc(N)n1N. The number of aromatic nitrogens is 3. The first-order valence-electron chi connectivity index (χ1n) is 5.23. The van der Waals surface area contributed by atoms with Gasteiger partial charge in [-0.05, 0) is 19.8 Å². The summed E-state index contributed by atoms with van der Waals surface area (Å²) in [5.41, 5.74) is 11.2. The van der Waals surface area contributed by atoms with Crippen molar-refractivity contribution in [1.29, 1.82) is 0 Å². The van der Waals surface area contributed by atoms with Gasteiger partial charge in [0.15, 0.2) is 5.82 Å². The Labute approximate surface area is 89.8 Å². The van der Waals surface area contributed by atoms with Crippen LogP contribution in [0.5, 0.6) is 0 Å². The van der Waals surface area contributed by atoms with Gasteiger partial charge in [0.05, 0.1) is 0 Å². The molecule has 1 rings (SSSR count). The minimum absolute atomic E-state index is 0.248. The van der Waals surface area contributed by atoms with Crippen LogP contribution in [-0.4, -0.2) is 20.9 Å². The van der Waals surface area contributed by atoms with E-state index in [1.165, 1.54) is 4.68 Å². The van der Waals surface area contributed by atoms with Crippen LogP contribution < -0.4 is 17.3 Å². The lowest BCUT2D eigenvalue weighted by Gasteiger charge is -2.11. The van der Waals surface area contributed by atoms with Crippen LogP contribution in [0, 0.1) is 0 Å². The van der Waals surface area contributed by atoms with Crippen molar-refractivity contribution in [2.24, 2.45) is 5.73 Å². The highest BCUT2D eigenvalue weighted by molar-refractivity contribution is 5.18. The van der Waals surface area contributed by atoms with Gasteiger partial charge in [-0.2, -0.15) is 0 Å². The van der Waals surface area contributed by atoms with Gasteiger partial charge in [0, 0.05) is 12.0 Å². The van der Waals surface area contributed by atoms with E-state index in [1.54, 1.807) is 0 Å². The molecule has 0 aromatic carbocycles. The van der Waals surface area contributed by atoms with E-state index in [2.05, 4.69) is 17.1 Å². The van der Waals surface area contributed by atoms with Crippen molar-refractivity contribution < 1.29 is 0 Å². The normalized spacial score (nSPS) is 15.1. The fraction of sp³-hybridized carbons (Fsp3) is 0.778. The molecule has 0 radical (unpaired) electrons. The van der Waals surface area contributed by atoms with E-state index in [-0.39, 0.29) is 17.9 Å². The molecule has 1 aromatic heterocycles. The summed E-state index contributed by atoms with van der Waals surface area (Å²) < 4.78 is 1.34. The fourth-order valence-corrected chi connectivity index (χ4v) is 1.53. The van der Waals surface area contributed by atoms with Gasteiger partial charge in [-0.3, -0.25) is 0 Å². The molecular weight excluding hydrogens is 192 g/mol. The predicted molar refractivity (Wildman–Crippen MR) is 60.5 cm³/mol. The van der Waals surface area contributed by atoms with Crippen LogP contribution in [0.4, 0.5) is 5.95 Å². The predicted octanol–water partition coefficient (Wildman–Crippen LogP) is 0.195. The average molecular weight is 212 g/mol. The molecule has 0 aliphatic heterocycles. The van der Waals surface area contributed by atoms with Gasteiger partial charge in [-0.1, -0.05) is 13.3 Å². The van der Waals surface area contributed by atoms with Gasteiger partial charge < -0.3 is 17.3 Å². The maximum Gasteiger partial charge on any atom is 0.240 e. The van der Waals surface area contributed by atoms with E-state index >= 15 is 0 Å². The minimum Gasteiger partial charge on any atom is -0.366 e. The van der Waals surface area contributed by atoms with Gasteiger partial charge in [-0.25, -0.2) is 4.68 Å². The highest BCUT2D eigenvalue weighted by Gasteiger charge is 2.14. The second-order valence-corrected chi connectivity index (χ2v) is 4.10. The molecule has 6 N–H and O–H groups in total. The molecule has 1 heterocycles. The van der Waals surface area contributed by atoms with Crippen LogP contribution in [0.3, 0.4) is 0 Å². The van der Waals surface area contributed by atoms with E-state index in [4.69, 9.17) is 17.3 Å². The lowest BCUT2D eigenvalue weighted by Crippen LogP contribution is -2.18. The number of hydrogen-bond donors (Lipinski definition) is 3. The van der Waals surface area contributed by atoms with E-state index in [1.807, 2.05) is 6.92 Å². The van der Waals surface area contributed by atoms with E-state index in [0.717, 1.165) is 25.1 Å². The number of hydrogen-bond acceptors (Lipinski definition) is 5. The zero-order valence-corrected chi connectivity index (χ0v) is 9.35. The van der Waals surface area contributed by atoms with Gasteiger partial charge >= 0.3 is 0 Å². The number of nitrogens with zero attached hydrogens (tertiary/aromatic N) is 3. The summed E-state index contributed by atoms with van der Waals surface area (Å²) in [6.07, 6.45) is 3.07. The van der Waals surface area contributed by atoms with E-state index in [0.29, 0.717) is 0 Å². The summed E-state index contributed by atoms with van der Waals surface area (Å²) in [6, 6.07) is 0.248. The Morgan fingerprint density at radius 2 is 1.93 bits per heavy atom. The molecule has 15 heavy (non-hydrogen) atoms. The van der Waals surface area contributed by atoms with Gasteiger partial charge in [-0.15, -0.1) is 10.2 Å². The summed E-state index contributed by atoms with van der Waals surface area (Å²) in [4.78, 5) is 0. The Bertz CT molecular complexity index is 306. The fourth-order valence-electron chi connectivity index (χ4n) is 1.53. The smallest absolute Gasteiger partial charge is 0.240 e. The zero-order chi connectivity index (χ0) is 11.4.